The number of rotatable bonds is 4. The molecular weight excluding hydrogens is 249 g/mol. The highest BCUT2D eigenvalue weighted by molar-refractivity contribution is 5.77. The summed E-state index contributed by atoms with van der Waals surface area (Å²) < 4.78 is 13.0. The smallest absolute Gasteiger partial charge is 0.316 e. The second kappa shape index (κ2) is 5.55. The molecule has 7 heteroatoms. The van der Waals surface area contributed by atoms with E-state index in [0.717, 1.165) is 0 Å². The first-order valence-corrected chi connectivity index (χ1v) is 5.90. The second-order valence-electron chi connectivity index (χ2n) is 4.30. The maximum absolute atomic E-state index is 13.0. The lowest BCUT2D eigenvalue weighted by Crippen LogP contribution is -2.37. The number of amides is 2. The van der Waals surface area contributed by atoms with Gasteiger partial charge in [-0.15, -0.1) is 0 Å². The Bertz CT molecular complexity index is 581. The van der Waals surface area contributed by atoms with Crippen molar-refractivity contribution in [3.8, 4) is 0 Å². The number of fused-ring (bicyclic) bond motifs is 1. The van der Waals surface area contributed by atoms with E-state index >= 15 is 0 Å². The monoisotopic (exact) mass is 265 g/mol. The Labute approximate surface area is 110 Å². The van der Waals surface area contributed by atoms with Crippen LogP contribution in [0.1, 0.15) is 0 Å². The third kappa shape index (κ3) is 3.34. The van der Waals surface area contributed by atoms with Crippen LogP contribution in [0.25, 0.3) is 11.0 Å². The van der Waals surface area contributed by atoms with Gasteiger partial charge in [0.15, 0.2) is 0 Å². The SMILES string of the molecule is CN(C)C(=O)NCCNc1nc2ccc(F)cc2[nH]1. The van der Waals surface area contributed by atoms with Gasteiger partial charge < -0.3 is 20.5 Å². The van der Waals surface area contributed by atoms with Crippen molar-refractivity contribution in [2.45, 2.75) is 0 Å². The van der Waals surface area contributed by atoms with E-state index in [2.05, 4.69) is 20.6 Å². The Kier molecular flexibility index (Phi) is 3.84. The highest BCUT2D eigenvalue weighted by Crippen LogP contribution is 2.14. The van der Waals surface area contributed by atoms with E-state index < -0.39 is 0 Å². The zero-order chi connectivity index (χ0) is 13.8. The van der Waals surface area contributed by atoms with Crippen molar-refractivity contribution in [3.63, 3.8) is 0 Å². The molecule has 0 saturated carbocycles. The normalized spacial score (nSPS) is 10.5. The fraction of sp³-hybridized carbons (Fsp3) is 0.333. The predicted molar refractivity (Wildman–Crippen MR) is 71.6 cm³/mol. The van der Waals surface area contributed by atoms with E-state index in [0.29, 0.717) is 30.1 Å². The number of H-pyrrole nitrogens is 1. The van der Waals surface area contributed by atoms with Crippen LogP contribution in [0.3, 0.4) is 0 Å². The van der Waals surface area contributed by atoms with Gasteiger partial charge in [0, 0.05) is 27.2 Å². The number of hydrogen-bond acceptors (Lipinski definition) is 3. The van der Waals surface area contributed by atoms with Gasteiger partial charge in [0.2, 0.25) is 5.95 Å². The topological polar surface area (TPSA) is 73.1 Å². The molecule has 2 amide bonds. The minimum Gasteiger partial charge on any atom is -0.354 e. The van der Waals surface area contributed by atoms with Gasteiger partial charge in [-0.1, -0.05) is 0 Å². The Hall–Kier alpha value is -2.31. The van der Waals surface area contributed by atoms with E-state index in [1.165, 1.54) is 17.0 Å². The molecule has 2 aromatic rings. The number of halogens is 1. The molecule has 0 bridgehead atoms. The van der Waals surface area contributed by atoms with E-state index in [4.69, 9.17) is 0 Å². The molecule has 0 atom stereocenters. The van der Waals surface area contributed by atoms with Crippen molar-refractivity contribution in [3.05, 3.63) is 24.0 Å². The van der Waals surface area contributed by atoms with Gasteiger partial charge in [0.1, 0.15) is 5.82 Å². The number of carbonyl (C=O) groups excluding carboxylic acids is 1. The molecule has 1 aromatic carbocycles. The third-order valence-electron chi connectivity index (χ3n) is 2.54. The highest BCUT2D eigenvalue weighted by atomic mass is 19.1. The zero-order valence-electron chi connectivity index (χ0n) is 10.8. The number of aromatic amines is 1. The molecule has 0 aliphatic rings. The van der Waals surface area contributed by atoms with Gasteiger partial charge in [-0.2, -0.15) is 0 Å². The molecule has 19 heavy (non-hydrogen) atoms. The van der Waals surface area contributed by atoms with Crippen molar-refractivity contribution in [1.82, 2.24) is 20.2 Å². The number of urea groups is 1. The molecule has 1 aromatic heterocycles. The van der Waals surface area contributed by atoms with Gasteiger partial charge in [-0.3, -0.25) is 0 Å². The minimum absolute atomic E-state index is 0.145. The Morgan fingerprint density at radius 2 is 2.21 bits per heavy atom. The fourth-order valence-corrected chi connectivity index (χ4v) is 1.57. The number of anilines is 1. The summed E-state index contributed by atoms with van der Waals surface area (Å²) >= 11 is 0. The lowest BCUT2D eigenvalue weighted by atomic mass is 10.3. The average Bonchev–Trinajstić information content (AvgIpc) is 2.75. The molecule has 0 radical (unpaired) electrons. The molecule has 0 unspecified atom stereocenters. The Morgan fingerprint density at radius 3 is 2.95 bits per heavy atom. The first-order chi connectivity index (χ1) is 9.06. The summed E-state index contributed by atoms with van der Waals surface area (Å²) in [6.45, 7) is 1.00. The van der Waals surface area contributed by atoms with E-state index in [9.17, 15) is 9.18 Å². The van der Waals surface area contributed by atoms with Crippen LogP contribution in [0.2, 0.25) is 0 Å². The maximum atomic E-state index is 13.0. The van der Waals surface area contributed by atoms with Crippen LogP contribution < -0.4 is 10.6 Å². The van der Waals surface area contributed by atoms with E-state index in [1.807, 2.05) is 0 Å². The fourth-order valence-electron chi connectivity index (χ4n) is 1.57. The third-order valence-corrected chi connectivity index (χ3v) is 2.54. The Morgan fingerprint density at radius 1 is 1.42 bits per heavy atom. The van der Waals surface area contributed by atoms with E-state index in [-0.39, 0.29) is 11.8 Å². The molecule has 2 rings (SSSR count). The standard InChI is InChI=1S/C12H16FN5O/c1-18(2)12(19)15-6-5-14-11-16-9-4-3-8(13)7-10(9)17-11/h3-4,7H,5-6H2,1-2H3,(H,15,19)(H2,14,16,17). The highest BCUT2D eigenvalue weighted by Gasteiger charge is 2.04. The van der Waals surface area contributed by atoms with Crippen LogP contribution in [0.5, 0.6) is 0 Å². The predicted octanol–water partition coefficient (Wildman–Crippen LogP) is 1.39. The molecule has 1 heterocycles. The van der Waals surface area contributed by atoms with E-state index in [1.54, 1.807) is 20.2 Å². The largest absolute Gasteiger partial charge is 0.354 e. The molecular formula is C12H16FN5O. The summed E-state index contributed by atoms with van der Waals surface area (Å²) in [5.41, 5.74) is 1.33. The van der Waals surface area contributed by atoms with Crippen molar-refractivity contribution in [2.24, 2.45) is 0 Å². The molecule has 0 aliphatic heterocycles. The molecule has 0 saturated heterocycles. The second-order valence-corrected chi connectivity index (χ2v) is 4.30. The summed E-state index contributed by atoms with van der Waals surface area (Å²) in [6.07, 6.45) is 0. The van der Waals surface area contributed by atoms with Crippen LogP contribution in [0.4, 0.5) is 15.1 Å². The number of aromatic nitrogens is 2. The number of hydrogen-bond donors (Lipinski definition) is 3. The molecule has 6 nitrogen and oxygen atoms in total. The molecule has 0 spiro atoms. The van der Waals surface area contributed by atoms with Crippen molar-refractivity contribution in [2.75, 3.05) is 32.5 Å². The van der Waals surface area contributed by atoms with Gasteiger partial charge in [0.05, 0.1) is 11.0 Å². The van der Waals surface area contributed by atoms with Gasteiger partial charge in [-0.05, 0) is 18.2 Å². The van der Waals surface area contributed by atoms with Gasteiger partial charge >= 0.3 is 6.03 Å². The maximum Gasteiger partial charge on any atom is 0.316 e. The van der Waals surface area contributed by atoms with Crippen LogP contribution >= 0.6 is 0 Å². The van der Waals surface area contributed by atoms with Crippen molar-refractivity contribution >= 4 is 23.0 Å². The average molecular weight is 265 g/mol. The van der Waals surface area contributed by atoms with Crippen molar-refractivity contribution < 1.29 is 9.18 Å². The summed E-state index contributed by atoms with van der Waals surface area (Å²) in [5.74, 6) is 0.251. The first-order valence-electron chi connectivity index (χ1n) is 5.90. The summed E-state index contributed by atoms with van der Waals surface area (Å²) in [6, 6.07) is 4.22. The number of imidazole rings is 1. The van der Waals surface area contributed by atoms with Crippen LogP contribution in [-0.2, 0) is 0 Å². The van der Waals surface area contributed by atoms with Crippen LogP contribution in [0.15, 0.2) is 18.2 Å². The zero-order valence-corrected chi connectivity index (χ0v) is 10.8. The number of benzene rings is 1. The molecule has 0 fully saturated rings. The van der Waals surface area contributed by atoms with Crippen molar-refractivity contribution in [1.29, 1.82) is 0 Å². The minimum atomic E-state index is -0.305. The first kappa shape index (κ1) is 13.1. The Balaban J connectivity index is 1.86. The molecule has 0 aliphatic carbocycles. The molecule has 102 valence electrons. The van der Waals surface area contributed by atoms with Crippen LogP contribution in [0, 0.1) is 5.82 Å². The van der Waals surface area contributed by atoms with Crippen LogP contribution in [-0.4, -0.2) is 48.1 Å². The lowest BCUT2D eigenvalue weighted by Gasteiger charge is -2.11. The van der Waals surface area contributed by atoms with Gasteiger partial charge in [-0.25, -0.2) is 14.2 Å². The van der Waals surface area contributed by atoms with Gasteiger partial charge in [0.25, 0.3) is 0 Å². The summed E-state index contributed by atoms with van der Waals surface area (Å²) in [7, 11) is 3.35. The number of nitrogens with one attached hydrogen (secondary N) is 3. The summed E-state index contributed by atoms with van der Waals surface area (Å²) in [4.78, 5) is 19.9. The number of nitrogens with zero attached hydrogens (tertiary/aromatic N) is 2. The molecule has 3 N–H and O–H groups in total. The number of carbonyl (C=O) groups is 1. The quantitative estimate of drug-likeness (QED) is 0.731. The summed E-state index contributed by atoms with van der Waals surface area (Å²) in [5, 5.41) is 5.74. The lowest BCUT2D eigenvalue weighted by molar-refractivity contribution is 0.218.